The first-order chi connectivity index (χ1) is 14.1. The van der Waals surface area contributed by atoms with Gasteiger partial charge in [-0.3, -0.25) is 5.41 Å². The highest BCUT2D eigenvalue weighted by molar-refractivity contribution is 7.11. The topological polar surface area (TPSA) is 90.3 Å². The molecule has 0 amide bonds. The van der Waals surface area contributed by atoms with Crippen molar-refractivity contribution in [3.8, 4) is 17.4 Å². The van der Waals surface area contributed by atoms with Crippen LogP contribution in [0.1, 0.15) is 25.0 Å². The predicted octanol–water partition coefficient (Wildman–Crippen LogP) is 5.73. The molecule has 0 atom stereocenters. The lowest BCUT2D eigenvalue weighted by molar-refractivity contribution is -0.137. The molecule has 1 aromatic heterocycles. The molecule has 0 unspecified atom stereocenters. The van der Waals surface area contributed by atoms with Crippen molar-refractivity contribution in [3.05, 3.63) is 59.7 Å². The minimum atomic E-state index is -4.39. The van der Waals surface area contributed by atoms with Gasteiger partial charge in [0.2, 0.25) is 5.88 Å². The van der Waals surface area contributed by atoms with E-state index in [4.69, 9.17) is 10.1 Å². The van der Waals surface area contributed by atoms with Crippen LogP contribution in [0.25, 0.3) is 0 Å². The van der Waals surface area contributed by atoms with Gasteiger partial charge in [-0.1, -0.05) is 0 Å². The number of nitrogens with one attached hydrogen (secondary N) is 3. The third-order valence-corrected chi connectivity index (χ3v) is 4.64. The summed E-state index contributed by atoms with van der Waals surface area (Å²) in [5.74, 6) is 0.553. The van der Waals surface area contributed by atoms with Crippen molar-refractivity contribution < 1.29 is 23.0 Å². The van der Waals surface area contributed by atoms with Crippen LogP contribution in [0.4, 0.5) is 23.9 Å². The average Bonchev–Trinajstić information content (AvgIpc) is 3.03. The van der Waals surface area contributed by atoms with E-state index < -0.39 is 11.7 Å². The minimum absolute atomic E-state index is 0.0197. The molecule has 0 fully saturated rings. The number of hydrogen-bond acceptors (Lipinski definition) is 6. The Hall–Kier alpha value is -3.27. The van der Waals surface area contributed by atoms with Gasteiger partial charge in [-0.2, -0.15) is 17.5 Å². The van der Waals surface area contributed by atoms with Crippen LogP contribution in [-0.4, -0.2) is 21.4 Å². The Morgan fingerprint density at radius 2 is 1.63 bits per heavy atom. The first-order valence-electron chi connectivity index (χ1n) is 8.90. The maximum absolute atomic E-state index is 12.6. The second kappa shape index (κ2) is 8.62. The maximum Gasteiger partial charge on any atom is 0.416 e. The Labute approximate surface area is 175 Å². The molecule has 0 aliphatic carbocycles. The highest BCUT2D eigenvalue weighted by atomic mass is 32.1. The smallest absolute Gasteiger partial charge is 0.416 e. The fraction of sp³-hybridized carbons (Fsp3) is 0.200. The Morgan fingerprint density at radius 3 is 2.17 bits per heavy atom. The number of amidine groups is 1. The molecule has 0 saturated carbocycles. The number of anilines is 2. The summed E-state index contributed by atoms with van der Waals surface area (Å²) in [5, 5.41) is 24.6. The molecule has 2 aromatic carbocycles. The fourth-order valence-electron chi connectivity index (χ4n) is 2.54. The second-order valence-electron chi connectivity index (χ2n) is 6.66. The average molecular weight is 436 g/mol. The van der Waals surface area contributed by atoms with E-state index in [9.17, 15) is 18.3 Å². The number of ether oxygens (including phenoxy) is 1. The number of aromatic hydroxyl groups is 1. The van der Waals surface area contributed by atoms with Crippen LogP contribution in [0.5, 0.6) is 17.4 Å². The molecule has 3 rings (SSSR count). The van der Waals surface area contributed by atoms with E-state index in [0.717, 1.165) is 23.7 Å². The zero-order valence-electron chi connectivity index (χ0n) is 16.0. The molecule has 0 spiro atoms. The highest BCUT2D eigenvalue weighted by Crippen LogP contribution is 2.34. The van der Waals surface area contributed by atoms with Gasteiger partial charge in [-0.25, -0.2) is 0 Å². The molecule has 3 aromatic rings. The second-order valence-corrected chi connectivity index (χ2v) is 7.43. The zero-order valence-corrected chi connectivity index (χ0v) is 16.9. The van der Waals surface area contributed by atoms with Crippen LogP contribution in [0.2, 0.25) is 0 Å². The molecule has 6 nitrogen and oxygen atoms in total. The molecule has 0 bridgehead atoms. The molecule has 158 valence electrons. The molecule has 10 heteroatoms. The number of benzene rings is 2. The zero-order chi connectivity index (χ0) is 21.9. The van der Waals surface area contributed by atoms with Crippen molar-refractivity contribution in [1.29, 1.82) is 5.41 Å². The molecular formula is C20H19F3N4O2S. The molecule has 0 radical (unpaired) electrons. The van der Waals surface area contributed by atoms with Crippen molar-refractivity contribution >= 4 is 28.1 Å². The Kier molecular flexibility index (Phi) is 6.16. The molecule has 0 aliphatic rings. The molecule has 0 aliphatic heterocycles. The largest absolute Gasteiger partial charge is 0.492 e. The van der Waals surface area contributed by atoms with E-state index in [0.29, 0.717) is 16.4 Å². The van der Waals surface area contributed by atoms with Crippen LogP contribution >= 0.6 is 11.5 Å². The van der Waals surface area contributed by atoms with E-state index in [1.165, 1.54) is 12.1 Å². The number of rotatable bonds is 6. The van der Waals surface area contributed by atoms with Crippen LogP contribution < -0.4 is 15.4 Å². The Morgan fingerprint density at radius 1 is 1.07 bits per heavy atom. The number of nitrogens with zero attached hydrogens (tertiary/aromatic N) is 1. The van der Waals surface area contributed by atoms with Gasteiger partial charge in [0, 0.05) is 11.7 Å². The predicted molar refractivity (Wildman–Crippen MR) is 110 cm³/mol. The summed E-state index contributed by atoms with van der Waals surface area (Å²) in [6.45, 7) is 3.77. The number of aromatic nitrogens is 1. The lowest BCUT2D eigenvalue weighted by Crippen LogP contribution is -2.30. The van der Waals surface area contributed by atoms with E-state index in [1.54, 1.807) is 24.3 Å². The number of halogens is 3. The van der Waals surface area contributed by atoms with Crippen LogP contribution in [0, 0.1) is 5.41 Å². The molecule has 30 heavy (non-hydrogen) atoms. The third kappa shape index (κ3) is 5.20. The Bertz CT molecular complexity index is 1020. The first kappa shape index (κ1) is 21.4. The number of alkyl halides is 3. The van der Waals surface area contributed by atoms with Gasteiger partial charge in [-0.05, 0) is 73.9 Å². The van der Waals surface area contributed by atoms with Crippen molar-refractivity contribution in [1.82, 2.24) is 9.69 Å². The van der Waals surface area contributed by atoms with E-state index in [2.05, 4.69) is 15.0 Å². The summed E-state index contributed by atoms with van der Waals surface area (Å²) in [7, 11) is 0. The quantitative estimate of drug-likeness (QED) is 0.293. The molecule has 1 heterocycles. The summed E-state index contributed by atoms with van der Waals surface area (Å²) < 4.78 is 47.3. The SMILES string of the molecule is CC(C)NC(=N)c1c(O)nsc1Nc1ccc(Oc2ccc(C(F)(F)F)cc2)cc1. The molecular weight excluding hydrogens is 417 g/mol. The summed E-state index contributed by atoms with van der Waals surface area (Å²) >= 11 is 1.02. The van der Waals surface area contributed by atoms with Gasteiger partial charge in [-0.15, -0.1) is 0 Å². The normalized spacial score (nSPS) is 11.4. The lowest BCUT2D eigenvalue weighted by atomic mass is 10.2. The van der Waals surface area contributed by atoms with Crippen molar-refractivity contribution in [2.75, 3.05) is 5.32 Å². The first-order valence-corrected chi connectivity index (χ1v) is 9.67. The van der Waals surface area contributed by atoms with Crippen LogP contribution in [0.3, 0.4) is 0 Å². The van der Waals surface area contributed by atoms with Gasteiger partial charge in [0.1, 0.15) is 27.9 Å². The maximum atomic E-state index is 12.6. The molecule has 4 N–H and O–H groups in total. The van der Waals surface area contributed by atoms with Gasteiger partial charge >= 0.3 is 6.18 Å². The van der Waals surface area contributed by atoms with Gasteiger partial charge in [0.15, 0.2) is 0 Å². The van der Waals surface area contributed by atoms with E-state index in [1.807, 2.05) is 13.8 Å². The summed E-state index contributed by atoms with van der Waals surface area (Å²) in [6.07, 6.45) is -4.39. The minimum Gasteiger partial charge on any atom is -0.492 e. The summed E-state index contributed by atoms with van der Waals surface area (Å²) in [5.41, 5.74) is 0.200. The number of hydrogen-bond donors (Lipinski definition) is 4. The van der Waals surface area contributed by atoms with Crippen molar-refractivity contribution in [3.63, 3.8) is 0 Å². The van der Waals surface area contributed by atoms with Crippen molar-refractivity contribution in [2.24, 2.45) is 0 Å². The van der Waals surface area contributed by atoms with E-state index in [-0.39, 0.29) is 29.1 Å². The summed E-state index contributed by atoms with van der Waals surface area (Å²) in [6, 6.07) is 11.2. The Balaban J connectivity index is 1.69. The van der Waals surface area contributed by atoms with Gasteiger partial charge in [0.05, 0.1) is 5.56 Å². The third-order valence-electron chi connectivity index (χ3n) is 3.89. The standard InChI is InChI=1S/C20H19F3N4O2S/c1-11(2)25-17(24)16-18(28)27-30-19(16)26-13-5-9-15(10-6-13)29-14-7-3-12(4-8-14)20(21,22)23/h3-11,26H,1-2H3,(H2,24,25)(H,27,28). The monoisotopic (exact) mass is 436 g/mol. The van der Waals surface area contributed by atoms with E-state index >= 15 is 0 Å². The van der Waals surface area contributed by atoms with Gasteiger partial charge < -0.3 is 20.5 Å². The summed E-state index contributed by atoms with van der Waals surface area (Å²) in [4.78, 5) is 0. The van der Waals surface area contributed by atoms with Crippen LogP contribution in [-0.2, 0) is 6.18 Å². The highest BCUT2D eigenvalue weighted by Gasteiger charge is 2.30. The lowest BCUT2D eigenvalue weighted by Gasteiger charge is -2.13. The van der Waals surface area contributed by atoms with Crippen molar-refractivity contribution in [2.45, 2.75) is 26.1 Å². The van der Waals surface area contributed by atoms with Crippen LogP contribution in [0.15, 0.2) is 48.5 Å². The van der Waals surface area contributed by atoms with Gasteiger partial charge in [0.25, 0.3) is 0 Å². The fourth-order valence-corrected chi connectivity index (χ4v) is 3.26. The molecule has 0 saturated heterocycles.